The largest absolute Gasteiger partial charge is 0.444 e. The van der Waals surface area contributed by atoms with Gasteiger partial charge < -0.3 is 24.6 Å². The van der Waals surface area contributed by atoms with Crippen LogP contribution in [-0.4, -0.2) is 68.3 Å². The Bertz CT molecular complexity index is 1300. The van der Waals surface area contributed by atoms with E-state index in [1.165, 1.54) is 6.33 Å². The van der Waals surface area contributed by atoms with E-state index in [1.54, 1.807) is 11.0 Å². The number of likely N-dealkylation sites (tertiary alicyclic amines) is 1. The van der Waals surface area contributed by atoms with Crippen LogP contribution in [0.1, 0.15) is 27.2 Å². The number of pyridine rings is 2. The van der Waals surface area contributed by atoms with Crippen LogP contribution in [0.5, 0.6) is 5.75 Å². The number of carbonyl (C=O) groups excluding carboxylic acids is 1. The molecular formula is C23H24F3N7O3. The number of ether oxygens (including phenoxy) is 2. The van der Waals surface area contributed by atoms with Gasteiger partial charge in [0.25, 0.3) is 0 Å². The third-order valence-corrected chi connectivity index (χ3v) is 5.91. The van der Waals surface area contributed by atoms with E-state index in [0.29, 0.717) is 29.9 Å². The first-order chi connectivity index (χ1) is 17.1. The molecule has 1 N–H and O–H groups in total. The third kappa shape index (κ3) is 4.77. The Balaban J connectivity index is 1.36. The summed E-state index contributed by atoms with van der Waals surface area (Å²) in [6, 6.07) is 4.52. The Hall–Kier alpha value is -3.90. The Labute approximate surface area is 204 Å². The molecule has 2 atom stereocenters. The van der Waals surface area contributed by atoms with Gasteiger partial charge in [0, 0.05) is 19.2 Å². The highest BCUT2D eigenvalue weighted by atomic mass is 19.3. The summed E-state index contributed by atoms with van der Waals surface area (Å²) in [5.41, 5.74) is 0.344. The van der Waals surface area contributed by atoms with Crippen molar-refractivity contribution in [2.75, 3.05) is 23.3 Å². The Morgan fingerprint density at radius 2 is 1.94 bits per heavy atom. The fourth-order valence-electron chi connectivity index (χ4n) is 4.46. The van der Waals surface area contributed by atoms with Crippen molar-refractivity contribution in [1.29, 1.82) is 0 Å². The number of halogens is 3. The molecule has 0 aromatic carbocycles. The molecule has 2 saturated heterocycles. The van der Waals surface area contributed by atoms with Gasteiger partial charge in [0.05, 0.1) is 23.8 Å². The molecule has 10 nitrogen and oxygen atoms in total. The van der Waals surface area contributed by atoms with Gasteiger partial charge in [-0.3, -0.25) is 0 Å². The summed E-state index contributed by atoms with van der Waals surface area (Å²) in [6.45, 7) is 3.55. The monoisotopic (exact) mass is 503 g/mol. The average Bonchev–Trinajstić information content (AvgIpc) is 3.41. The van der Waals surface area contributed by atoms with E-state index in [-0.39, 0.29) is 29.8 Å². The summed E-state index contributed by atoms with van der Waals surface area (Å²) in [4.78, 5) is 33.4. The summed E-state index contributed by atoms with van der Waals surface area (Å²) in [7, 11) is 0. The van der Waals surface area contributed by atoms with E-state index in [0.717, 1.165) is 18.7 Å². The van der Waals surface area contributed by atoms with Crippen molar-refractivity contribution in [3.8, 4) is 5.75 Å². The summed E-state index contributed by atoms with van der Waals surface area (Å²) in [5, 5.41) is 2.76. The fraction of sp³-hybridized carbons (Fsp3) is 0.435. The van der Waals surface area contributed by atoms with Gasteiger partial charge in [0.2, 0.25) is 0 Å². The number of hydrogen-bond acceptors (Lipinski definition) is 9. The van der Waals surface area contributed by atoms with Gasteiger partial charge in [-0.15, -0.1) is 0 Å². The molecule has 2 bridgehead atoms. The van der Waals surface area contributed by atoms with Crippen molar-refractivity contribution < 1.29 is 27.4 Å². The van der Waals surface area contributed by atoms with Gasteiger partial charge in [-0.05, 0) is 39.3 Å². The van der Waals surface area contributed by atoms with Crippen LogP contribution >= 0.6 is 0 Å². The maximum Gasteiger partial charge on any atom is 0.410 e. The van der Waals surface area contributed by atoms with Gasteiger partial charge in [-0.1, -0.05) is 0 Å². The van der Waals surface area contributed by atoms with E-state index >= 15 is 0 Å². The minimum Gasteiger partial charge on any atom is -0.444 e. The number of carbonyl (C=O) groups is 1. The molecule has 36 heavy (non-hydrogen) atoms. The SMILES string of the molecule is CC(C)(C)OC(=O)N1C[C@@H]2C[C@H]1CN2c1ccc2ncnc(Nc3ncc(OC(F)F)cc3F)c2n1. The number of rotatable bonds is 5. The number of piperazine rings is 1. The second-order valence-corrected chi connectivity index (χ2v) is 9.59. The van der Waals surface area contributed by atoms with Crippen LogP contribution in [0.15, 0.2) is 30.7 Å². The van der Waals surface area contributed by atoms with E-state index in [1.807, 2.05) is 26.8 Å². The second kappa shape index (κ2) is 8.95. The summed E-state index contributed by atoms with van der Waals surface area (Å²) >= 11 is 0. The summed E-state index contributed by atoms with van der Waals surface area (Å²) < 4.78 is 48.9. The van der Waals surface area contributed by atoms with Crippen LogP contribution in [-0.2, 0) is 4.74 Å². The van der Waals surface area contributed by atoms with E-state index in [9.17, 15) is 18.0 Å². The predicted octanol–water partition coefficient (Wildman–Crippen LogP) is 4.10. The highest BCUT2D eigenvalue weighted by Gasteiger charge is 2.47. The third-order valence-electron chi connectivity index (χ3n) is 5.91. The smallest absolute Gasteiger partial charge is 0.410 e. The number of aromatic nitrogens is 4. The second-order valence-electron chi connectivity index (χ2n) is 9.59. The zero-order valence-corrected chi connectivity index (χ0v) is 19.8. The van der Waals surface area contributed by atoms with Gasteiger partial charge >= 0.3 is 12.7 Å². The molecule has 0 saturated carbocycles. The maximum atomic E-state index is 14.5. The Morgan fingerprint density at radius 1 is 1.14 bits per heavy atom. The molecule has 0 radical (unpaired) electrons. The number of nitrogens with zero attached hydrogens (tertiary/aromatic N) is 6. The minimum absolute atomic E-state index is 0.0132. The van der Waals surface area contributed by atoms with Gasteiger partial charge in [-0.25, -0.2) is 29.1 Å². The molecule has 0 unspecified atom stereocenters. The molecule has 2 fully saturated rings. The molecular weight excluding hydrogens is 479 g/mol. The zero-order chi connectivity index (χ0) is 25.6. The highest BCUT2D eigenvalue weighted by Crippen LogP contribution is 2.36. The van der Waals surface area contributed by atoms with Crippen LogP contribution in [0.4, 0.5) is 35.4 Å². The quantitative estimate of drug-likeness (QED) is 0.551. The van der Waals surface area contributed by atoms with Crippen LogP contribution < -0.4 is 15.0 Å². The van der Waals surface area contributed by atoms with Gasteiger partial charge in [0.15, 0.2) is 17.5 Å². The summed E-state index contributed by atoms with van der Waals surface area (Å²) in [6.07, 6.45) is 2.77. The Kier molecular flexibility index (Phi) is 5.92. The van der Waals surface area contributed by atoms with Crippen molar-refractivity contribution >= 4 is 34.6 Å². The molecule has 5 rings (SSSR count). The van der Waals surface area contributed by atoms with Crippen LogP contribution in [0.25, 0.3) is 11.0 Å². The number of anilines is 3. The molecule has 0 spiro atoms. The van der Waals surface area contributed by atoms with Crippen molar-refractivity contribution in [2.24, 2.45) is 0 Å². The molecule has 13 heteroatoms. The zero-order valence-electron chi connectivity index (χ0n) is 19.8. The van der Waals surface area contributed by atoms with E-state index in [4.69, 9.17) is 9.72 Å². The van der Waals surface area contributed by atoms with Gasteiger partial charge in [0.1, 0.15) is 29.0 Å². The molecule has 5 heterocycles. The normalized spacial score (nSPS) is 19.3. The lowest BCUT2D eigenvalue weighted by atomic mass is 10.2. The van der Waals surface area contributed by atoms with Crippen LogP contribution in [0.2, 0.25) is 0 Å². The molecule has 3 aromatic heterocycles. The van der Waals surface area contributed by atoms with Crippen molar-refractivity contribution in [2.45, 2.75) is 51.5 Å². The molecule has 190 valence electrons. The molecule has 3 aromatic rings. The average molecular weight is 503 g/mol. The minimum atomic E-state index is -3.09. The maximum absolute atomic E-state index is 14.5. The first kappa shape index (κ1) is 23.8. The molecule has 0 aliphatic carbocycles. The predicted molar refractivity (Wildman–Crippen MR) is 124 cm³/mol. The number of alkyl halides is 2. The van der Waals surface area contributed by atoms with Gasteiger partial charge in [-0.2, -0.15) is 8.78 Å². The first-order valence-electron chi connectivity index (χ1n) is 11.3. The molecule has 2 aliphatic heterocycles. The molecule has 1 amide bonds. The fourth-order valence-corrected chi connectivity index (χ4v) is 4.46. The number of nitrogens with one attached hydrogen (secondary N) is 1. The van der Waals surface area contributed by atoms with E-state index < -0.39 is 23.8 Å². The lowest BCUT2D eigenvalue weighted by Gasteiger charge is -2.35. The van der Waals surface area contributed by atoms with Crippen molar-refractivity contribution in [1.82, 2.24) is 24.8 Å². The van der Waals surface area contributed by atoms with E-state index in [2.05, 4.69) is 29.9 Å². The lowest BCUT2D eigenvalue weighted by molar-refractivity contribution is -0.0502. The number of hydrogen-bond donors (Lipinski definition) is 1. The number of amides is 1. The van der Waals surface area contributed by atoms with Crippen LogP contribution in [0, 0.1) is 5.82 Å². The topological polar surface area (TPSA) is 106 Å². The standard InChI is InChI=1S/C23H24F3N7O3/c1-23(2,3)36-22(34)33-10-12-6-13(33)9-32(12)17-5-4-16-18(30-17)20(29-11-28-16)31-19-15(24)7-14(8-27-19)35-21(25)26/h4-5,7-8,11-13,21H,6,9-10H2,1-3H3,(H,27,28,29,31)/t12-,13-/m0/s1. The first-order valence-corrected chi connectivity index (χ1v) is 11.3. The van der Waals surface area contributed by atoms with Crippen molar-refractivity contribution in [3.63, 3.8) is 0 Å². The molecule has 2 aliphatic rings. The van der Waals surface area contributed by atoms with Crippen molar-refractivity contribution in [3.05, 3.63) is 36.5 Å². The Morgan fingerprint density at radius 3 is 2.61 bits per heavy atom. The highest BCUT2D eigenvalue weighted by molar-refractivity contribution is 5.88. The number of fused-ring (bicyclic) bond motifs is 3. The summed E-state index contributed by atoms with van der Waals surface area (Å²) in [5.74, 6) is -0.640. The van der Waals surface area contributed by atoms with Crippen LogP contribution in [0.3, 0.4) is 0 Å². The lowest BCUT2D eigenvalue weighted by Crippen LogP contribution is -2.50.